The molecule has 0 saturated heterocycles. The molecule has 0 spiro atoms. The first-order valence-electron chi connectivity index (χ1n) is 4.91. The van der Waals surface area contributed by atoms with Crippen molar-refractivity contribution in [3.63, 3.8) is 0 Å². The molecule has 0 fully saturated rings. The van der Waals surface area contributed by atoms with E-state index in [1.165, 1.54) is 5.56 Å². The van der Waals surface area contributed by atoms with E-state index >= 15 is 0 Å². The summed E-state index contributed by atoms with van der Waals surface area (Å²) in [5, 5.41) is 0. The van der Waals surface area contributed by atoms with Crippen LogP contribution in [0.1, 0.15) is 31.9 Å². The van der Waals surface area contributed by atoms with Crippen LogP contribution in [0.4, 0.5) is 0 Å². The predicted octanol–water partition coefficient (Wildman–Crippen LogP) is 2.67. The van der Waals surface area contributed by atoms with Gasteiger partial charge >= 0.3 is 0 Å². The highest BCUT2D eigenvalue weighted by molar-refractivity contribution is 5.22. The molecule has 1 aromatic rings. The van der Waals surface area contributed by atoms with E-state index < -0.39 is 0 Å². The lowest BCUT2D eigenvalue weighted by molar-refractivity contribution is 0.124. The molecule has 0 saturated carbocycles. The van der Waals surface area contributed by atoms with Crippen LogP contribution in [0.5, 0.6) is 0 Å². The summed E-state index contributed by atoms with van der Waals surface area (Å²) >= 11 is 0. The molecule has 0 bridgehead atoms. The van der Waals surface area contributed by atoms with Crippen molar-refractivity contribution in [2.24, 2.45) is 11.3 Å². The van der Waals surface area contributed by atoms with Crippen molar-refractivity contribution in [3.8, 4) is 0 Å². The number of hydrogen-bond acceptors (Lipinski definition) is 2. The summed E-state index contributed by atoms with van der Waals surface area (Å²) in [7, 11) is 0. The zero-order valence-electron chi connectivity index (χ0n) is 9.21. The lowest BCUT2D eigenvalue weighted by atomic mass is 9.88. The van der Waals surface area contributed by atoms with E-state index in [2.05, 4.69) is 49.9 Å². The van der Waals surface area contributed by atoms with Crippen LogP contribution < -0.4 is 5.90 Å². The Bertz CT molecular complexity index is 271. The summed E-state index contributed by atoms with van der Waals surface area (Å²) in [6.45, 7) is 7.20. The summed E-state index contributed by atoms with van der Waals surface area (Å²) in [5.41, 5.74) is 2.81. The van der Waals surface area contributed by atoms with Crippen LogP contribution in [0.15, 0.2) is 24.3 Å². The van der Waals surface area contributed by atoms with Crippen LogP contribution in [0.2, 0.25) is 0 Å². The van der Waals surface area contributed by atoms with Crippen molar-refractivity contribution in [2.75, 3.05) is 0 Å². The highest BCUT2D eigenvalue weighted by Crippen LogP contribution is 2.20. The molecule has 0 aromatic heterocycles. The predicted molar refractivity (Wildman–Crippen MR) is 58.6 cm³/mol. The molecule has 0 aliphatic heterocycles. The van der Waals surface area contributed by atoms with Gasteiger partial charge in [0.2, 0.25) is 0 Å². The number of nitrogens with two attached hydrogens (primary N) is 1. The zero-order chi connectivity index (χ0) is 10.6. The summed E-state index contributed by atoms with van der Waals surface area (Å²) in [5.74, 6) is 5.00. The molecular formula is C12H19NO. The monoisotopic (exact) mass is 193 g/mol. The van der Waals surface area contributed by atoms with E-state index in [1.807, 2.05) is 0 Å². The number of hydrogen-bond donors (Lipinski definition) is 1. The van der Waals surface area contributed by atoms with Gasteiger partial charge < -0.3 is 0 Å². The van der Waals surface area contributed by atoms with Gasteiger partial charge in [0.05, 0.1) is 6.61 Å². The fourth-order valence-corrected chi connectivity index (χ4v) is 1.46. The second-order valence-corrected chi connectivity index (χ2v) is 4.86. The van der Waals surface area contributed by atoms with Crippen molar-refractivity contribution in [1.82, 2.24) is 0 Å². The lowest BCUT2D eigenvalue weighted by Crippen LogP contribution is -2.09. The van der Waals surface area contributed by atoms with E-state index in [4.69, 9.17) is 5.90 Å². The molecule has 14 heavy (non-hydrogen) atoms. The Morgan fingerprint density at radius 1 is 1.07 bits per heavy atom. The molecule has 78 valence electrons. The van der Waals surface area contributed by atoms with Crippen LogP contribution >= 0.6 is 0 Å². The fourth-order valence-electron chi connectivity index (χ4n) is 1.46. The van der Waals surface area contributed by atoms with Crippen LogP contribution in [0.25, 0.3) is 0 Å². The summed E-state index contributed by atoms with van der Waals surface area (Å²) in [6, 6.07) is 8.40. The van der Waals surface area contributed by atoms with Crippen LogP contribution in [-0.2, 0) is 17.9 Å². The molecule has 1 rings (SSSR count). The number of benzene rings is 1. The topological polar surface area (TPSA) is 35.2 Å². The van der Waals surface area contributed by atoms with E-state index in [0.29, 0.717) is 12.0 Å². The van der Waals surface area contributed by atoms with Crippen LogP contribution in [-0.4, -0.2) is 0 Å². The third-order valence-electron chi connectivity index (χ3n) is 2.01. The maximum atomic E-state index is 5.00. The third-order valence-corrected chi connectivity index (χ3v) is 2.01. The first-order valence-corrected chi connectivity index (χ1v) is 4.91. The maximum absolute atomic E-state index is 5.00. The van der Waals surface area contributed by atoms with Gasteiger partial charge in [0, 0.05) is 0 Å². The maximum Gasteiger partial charge on any atom is 0.0930 e. The Morgan fingerprint density at radius 2 is 1.57 bits per heavy atom. The second kappa shape index (κ2) is 4.58. The minimum atomic E-state index is 0.339. The van der Waals surface area contributed by atoms with Crippen LogP contribution in [0, 0.1) is 5.41 Å². The van der Waals surface area contributed by atoms with Gasteiger partial charge in [-0.15, -0.1) is 0 Å². The average molecular weight is 193 g/mol. The zero-order valence-corrected chi connectivity index (χ0v) is 9.21. The van der Waals surface area contributed by atoms with Gasteiger partial charge in [-0.05, 0) is 23.0 Å². The first-order chi connectivity index (χ1) is 6.51. The average Bonchev–Trinajstić information content (AvgIpc) is 2.06. The second-order valence-electron chi connectivity index (χ2n) is 4.86. The van der Waals surface area contributed by atoms with Crippen molar-refractivity contribution in [2.45, 2.75) is 33.8 Å². The summed E-state index contributed by atoms with van der Waals surface area (Å²) < 4.78 is 0. The summed E-state index contributed by atoms with van der Waals surface area (Å²) in [4.78, 5) is 4.57. The standard InChI is InChI=1S/C12H19NO/c1-12(2,3)8-10-4-6-11(7-5-10)9-14-13/h4-7H,8-9,13H2,1-3H3. The van der Waals surface area contributed by atoms with E-state index in [9.17, 15) is 0 Å². The highest BCUT2D eigenvalue weighted by Gasteiger charge is 2.10. The van der Waals surface area contributed by atoms with Crippen molar-refractivity contribution in [3.05, 3.63) is 35.4 Å². The first kappa shape index (κ1) is 11.2. The van der Waals surface area contributed by atoms with Gasteiger partial charge in [-0.2, -0.15) is 0 Å². The minimum absolute atomic E-state index is 0.339. The summed E-state index contributed by atoms with van der Waals surface area (Å²) in [6.07, 6.45) is 1.09. The normalized spacial score (nSPS) is 11.7. The van der Waals surface area contributed by atoms with Gasteiger partial charge in [-0.1, -0.05) is 45.0 Å². The Hall–Kier alpha value is -0.860. The Labute approximate surface area is 86.0 Å². The molecular weight excluding hydrogens is 174 g/mol. The molecule has 1 aromatic carbocycles. The molecule has 0 unspecified atom stereocenters. The van der Waals surface area contributed by atoms with Gasteiger partial charge in [-0.25, -0.2) is 5.90 Å². The largest absolute Gasteiger partial charge is 0.300 e. The van der Waals surface area contributed by atoms with Gasteiger partial charge in [0.1, 0.15) is 0 Å². The van der Waals surface area contributed by atoms with Crippen molar-refractivity contribution >= 4 is 0 Å². The molecule has 0 radical (unpaired) electrons. The van der Waals surface area contributed by atoms with E-state index in [1.54, 1.807) is 0 Å². The smallest absolute Gasteiger partial charge is 0.0930 e. The Morgan fingerprint density at radius 3 is 2.00 bits per heavy atom. The molecule has 0 aliphatic carbocycles. The van der Waals surface area contributed by atoms with Gasteiger partial charge in [-0.3, -0.25) is 4.84 Å². The Kier molecular flexibility index (Phi) is 3.67. The van der Waals surface area contributed by atoms with E-state index in [0.717, 1.165) is 12.0 Å². The Balaban J connectivity index is 2.64. The van der Waals surface area contributed by atoms with Gasteiger partial charge in [0.15, 0.2) is 0 Å². The fraction of sp³-hybridized carbons (Fsp3) is 0.500. The third kappa shape index (κ3) is 3.90. The SMILES string of the molecule is CC(C)(C)Cc1ccc(CON)cc1. The highest BCUT2D eigenvalue weighted by atomic mass is 16.6. The molecule has 2 nitrogen and oxygen atoms in total. The number of rotatable bonds is 3. The molecule has 0 aliphatic rings. The van der Waals surface area contributed by atoms with Crippen LogP contribution in [0.3, 0.4) is 0 Å². The molecule has 0 heterocycles. The molecule has 0 atom stereocenters. The van der Waals surface area contributed by atoms with Gasteiger partial charge in [0.25, 0.3) is 0 Å². The molecule has 2 N–H and O–H groups in total. The minimum Gasteiger partial charge on any atom is -0.300 e. The molecule has 0 amide bonds. The quantitative estimate of drug-likeness (QED) is 0.749. The molecule has 2 heteroatoms. The lowest BCUT2D eigenvalue weighted by Gasteiger charge is -2.18. The van der Waals surface area contributed by atoms with Crippen molar-refractivity contribution in [1.29, 1.82) is 0 Å². The van der Waals surface area contributed by atoms with E-state index in [-0.39, 0.29) is 0 Å². The van der Waals surface area contributed by atoms with Crippen molar-refractivity contribution < 1.29 is 4.84 Å².